The highest BCUT2D eigenvalue weighted by molar-refractivity contribution is 14.1. The zero-order chi connectivity index (χ0) is 14.5. The Kier molecular flexibility index (Phi) is 4.94. The van der Waals surface area contributed by atoms with Crippen LogP contribution in [-0.2, 0) is 4.79 Å². The Hall–Kier alpha value is -1.63. The minimum atomic E-state index is -0.712. The molecule has 2 aromatic carbocycles. The van der Waals surface area contributed by atoms with Crippen molar-refractivity contribution in [3.05, 3.63) is 57.9 Å². The molecule has 1 amide bonds. The molecule has 0 aliphatic carbocycles. The van der Waals surface area contributed by atoms with Gasteiger partial charge in [0.25, 0.3) is 5.91 Å². The summed E-state index contributed by atoms with van der Waals surface area (Å²) in [5, 5.41) is 2.52. The van der Waals surface area contributed by atoms with Gasteiger partial charge in [-0.05, 0) is 59.8 Å². The Labute approximate surface area is 130 Å². The number of hydrogen-bond donors (Lipinski definition) is 1. The molecule has 0 aliphatic rings. The van der Waals surface area contributed by atoms with Crippen LogP contribution in [0.2, 0.25) is 0 Å². The van der Waals surface area contributed by atoms with Crippen molar-refractivity contribution in [2.45, 2.75) is 13.0 Å². The molecule has 0 unspecified atom stereocenters. The lowest BCUT2D eigenvalue weighted by atomic mass is 10.3. The fourth-order valence-corrected chi connectivity index (χ4v) is 2.04. The molecule has 3 nitrogen and oxygen atoms in total. The Morgan fingerprint density at radius 1 is 1.25 bits per heavy atom. The van der Waals surface area contributed by atoms with Gasteiger partial charge in [0.2, 0.25) is 0 Å². The predicted molar refractivity (Wildman–Crippen MR) is 84.3 cm³/mol. The molecule has 0 saturated heterocycles. The number of halogens is 2. The van der Waals surface area contributed by atoms with Gasteiger partial charge >= 0.3 is 0 Å². The van der Waals surface area contributed by atoms with E-state index in [1.807, 2.05) is 40.8 Å². The average Bonchev–Trinajstić information content (AvgIpc) is 2.43. The minimum Gasteiger partial charge on any atom is -0.481 e. The SMILES string of the molecule is C[C@H](Oc1ccccc1)C(=O)Nc1ccc(I)cc1F. The molecular weight excluding hydrogens is 372 g/mol. The number of amides is 1. The number of benzene rings is 2. The van der Waals surface area contributed by atoms with Crippen LogP contribution in [0.4, 0.5) is 10.1 Å². The van der Waals surface area contributed by atoms with Crippen LogP contribution in [-0.4, -0.2) is 12.0 Å². The normalized spacial score (nSPS) is 11.8. The summed E-state index contributed by atoms with van der Waals surface area (Å²) in [4.78, 5) is 11.9. The highest BCUT2D eigenvalue weighted by Gasteiger charge is 2.16. The first-order valence-corrected chi connectivity index (χ1v) is 7.12. The topological polar surface area (TPSA) is 38.3 Å². The van der Waals surface area contributed by atoms with Crippen molar-refractivity contribution in [1.82, 2.24) is 0 Å². The van der Waals surface area contributed by atoms with Crippen LogP contribution in [0.1, 0.15) is 6.92 Å². The summed E-state index contributed by atoms with van der Waals surface area (Å²) in [5.41, 5.74) is 0.152. The Balaban J connectivity index is 2.01. The van der Waals surface area contributed by atoms with E-state index >= 15 is 0 Å². The van der Waals surface area contributed by atoms with Gasteiger partial charge in [-0.3, -0.25) is 4.79 Å². The maximum absolute atomic E-state index is 13.6. The summed E-state index contributed by atoms with van der Waals surface area (Å²) >= 11 is 2.01. The first-order valence-electron chi connectivity index (χ1n) is 6.04. The molecule has 0 spiro atoms. The van der Waals surface area contributed by atoms with E-state index in [4.69, 9.17) is 4.74 Å². The molecule has 5 heteroatoms. The lowest BCUT2D eigenvalue weighted by Gasteiger charge is -2.15. The van der Waals surface area contributed by atoms with Crippen LogP contribution in [0.3, 0.4) is 0 Å². The van der Waals surface area contributed by atoms with Crippen LogP contribution in [0, 0.1) is 9.39 Å². The van der Waals surface area contributed by atoms with Crippen LogP contribution >= 0.6 is 22.6 Å². The number of carbonyl (C=O) groups is 1. The Morgan fingerprint density at radius 3 is 2.60 bits per heavy atom. The molecule has 0 saturated carbocycles. The number of para-hydroxylation sites is 1. The van der Waals surface area contributed by atoms with E-state index in [2.05, 4.69) is 5.32 Å². The Bertz CT molecular complexity index is 604. The number of anilines is 1. The second-order valence-electron chi connectivity index (χ2n) is 4.19. The molecule has 0 aliphatic heterocycles. The maximum Gasteiger partial charge on any atom is 0.265 e. The predicted octanol–water partition coefficient (Wildman–Crippen LogP) is 3.84. The van der Waals surface area contributed by atoms with Gasteiger partial charge in [-0.1, -0.05) is 18.2 Å². The summed E-state index contributed by atoms with van der Waals surface area (Å²) in [6, 6.07) is 13.6. The van der Waals surface area contributed by atoms with Gasteiger partial charge in [0, 0.05) is 3.57 Å². The molecule has 0 bridgehead atoms. The molecule has 1 atom stereocenters. The fourth-order valence-electron chi connectivity index (χ4n) is 1.58. The molecular formula is C15H13FINO2. The van der Waals surface area contributed by atoms with Crippen LogP contribution < -0.4 is 10.1 Å². The molecule has 0 radical (unpaired) electrons. The van der Waals surface area contributed by atoms with E-state index in [-0.39, 0.29) is 5.69 Å². The summed E-state index contributed by atoms with van der Waals surface area (Å²) in [5.74, 6) is -0.260. The molecule has 0 heterocycles. The first-order chi connectivity index (χ1) is 9.56. The van der Waals surface area contributed by atoms with Crippen molar-refractivity contribution >= 4 is 34.2 Å². The van der Waals surface area contributed by atoms with Crippen LogP contribution in [0.25, 0.3) is 0 Å². The number of nitrogens with one attached hydrogen (secondary N) is 1. The highest BCUT2D eigenvalue weighted by Crippen LogP contribution is 2.18. The number of hydrogen-bond acceptors (Lipinski definition) is 2. The third-order valence-corrected chi connectivity index (χ3v) is 3.29. The third kappa shape index (κ3) is 3.93. The molecule has 2 aromatic rings. The second-order valence-corrected chi connectivity index (χ2v) is 5.43. The van der Waals surface area contributed by atoms with E-state index in [1.54, 1.807) is 25.1 Å². The third-order valence-electron chi connectivity index (χ3n) is 2.61. The molecule has 2 rings (SSSR count). The molecule has 1 N–H and O–H groups in total. The lowest BCUT2D eigenvalue weighted by molar-refractivity contribution is -0.122. The lowest BCUT2D eigenvalue weighted by Crippen LogP contribution is -2.30. The summed E-state index contributed by atoms with van der Waals surface area (Å²) in [7, 11) is 0. The Morgan fingerprint density at radius 2 is 1.95 bits per heavy atom. The second kappa shape index (κ2) is 6.69. The minimum absolute atomic E-state index is 0.152. The van der Waals surface area contributed by atoms with Gasteiger partial charge < -0.3 is 10.1 Å². The van der Waals surface area contributed by atoms with Crippen molar-refractivity contribution in [3.63, 3.8) is 0 Å². The van der Waals surface area contributed by atoms with Crippen molar-refractivity contribution in [3.8, 4) is 5.75 Å². The average molecular weight is 385 g/mol. The van der Waals surface area contributed by atoms with E-state index in [9.17, 15) is 9.18 Å². The van der Waals surface area contributed by atoms with E-state index in [0.29, 0.717) is 5.75 Å². The number of rotatable bonds is 4. The van der Waals surface area contributed by atoms with E-state index in [0.717, 1.165) is 3.57 Å². The van der Waals surface area contributed by atoms with Crippen LogP contribution in [0.15, 0.2) is 48.5 Å². The van der Waals surface area contributed by atoms with E-state index in [1.165, 1.54) is 12.1 Å². The van der Waals surface area contributed by atoms with Gasteiger partial charge in [0.1, 0.15) is 11.6 Å². The maximum atomic E-state index is 13.6. The van der Waals surface area contributed by atoms with Gasteiger partial charge in [-0.15, -0.1) is 0 Å². The number of carbonyl (C=O) groups excluding carboxylic acids is 1. The fraction of sp³-hybridized carbons (Fsp3) is 0.133. The van der Waals surface area contributed by atoms with Crippen molar-refractivity contribution < 1.29 is 13.9 Å². The highest BCUT2D eigenvalue weighted by atomic mass is 127. The van der Waals surface area contributed by atoms with Gasteiger partial charge in [-0.2, -0.15) is 0 Å². The molecule has 104 valence electrons. The number of ether oxygens (including phenoxy) is 1. The molecule has 0 aromatic heterocycles. The monoisotopic (exact) mass is 385 g/mol. The van der Waals surface area contributed by atoms with Crippen molar-refractivity contribution in [2.24, 2.45) is 0 Å². The smallest absolute Gasteiger partial charge is 0.265 e. The van der Waals surface area contributed by atoms with E-state index < -0.39 is 17.8 Å². The van der Waals surface area contributed by atoms with Crippen molar-refractivity contribution in [1.29, 1.82) is 0 Å². The summed E-state index contributed by atoms with van der Waals surface area (Å²) < 4.78 is 19.9. The summed E-state index contributed by atoms with van der Waals surface area (Å²) in [6.45, 7) is 1.62. The zero-order valence-electron chi connectivity index (χ0n) is 10.8. The first kappa shape index (κ1) is 14.8. The van der Waals surface area contributed by atoms with Gasteiger partial charge in [0.15, 0.2) is 6.10 Å². The summed E-state index contributed by atoms with van der Waals surface area (Å²) in [6.07, 6.45) is -0.712. The van der Waals surface area contributed by atoms with Crippen LogP contribution in [0.5, 0.6) is 5.75 Å². The molecule has 0 fully saturated rings. The zero-order valence-corrected chi connectivity index (χ0v) is 12.9. The standard InChI is InChI=1S/C15H13FINO2/c1-10(20-12-5-3-2-4-6-12)15(19)18-14-8-7-11(17)9-13(14)16/h2-10H,1H3,(H,18,19)/t10-/m0/s1. The van der Waals surface area contributed by atoms with Gasteiger partial charge in [-0.25, -0.2) is 4.39 Å². The van der Waals surface area contributed by atoms with Crippen molar-refractivity contribution in [2.75, 3.05) is 5.32 Å². The molecule has 20 heavy (non-hydrogen) atoms. The quantitative estimate of drug-likeness (QED) is 0.813. The largest absolute Gasteiger partial charge is 0.481 e. The van der Waals surface area contributed by atoms with Gasteiger partial charge in [0.05, 0.1) is 5.69 Å².